The Hall–Kier alpha value is -2.28. The molecule has 0 aliphatic carbocycles. The smallest absolute Gasteiger partial charge is 0.314 e. The Balaban J connectivity index is 2.01. The maximum Gasteiger partial charge on any atom is 0.418 e. The number of carbonyl (C=O) groups excluding carboxylic acids is 1. The Morgan fingerprint density at radius 1 is 1.23 bits per heavy atom. The molecule has 1 aromatic carbocycles. The molecule has 116 valence electrons. The Morgan fingerprint density at radius 3 is 2.59 bits per heavy atom. The molecule has 7 heteroatoms. The van der Waals surface area contributed by atoms with E-state index in [0.29, 0.717) is 0 Å². The van der Waals surface area contributed by atoms with Gasteiger partial charge in [0.25, 0.3) is 0 Å². The van der Waals surface area contributed by atoms with E-state index < -0.39 is 17.8 Å². The van der Waals surface area contributed by atoms with Gasteiger partial charge in [-0.25, -0.2) is 4.79 Å². The Morgan fingerprint density at radius 2 is 1.95 bits per heavy atom. The molecule has 2 rings (SSSR count). The summed E-state index contributed by atoms with van der Waals surface area (Å²) in [6, 6.07) is 6.02. The number of benzene rings is 1. The highest BCUT2D eigenvalue weighted by Crippen LogP contribution is 2.34. The molecule has 2 N–H and O–H groups in total. The van der Waals surface area contributed by atoms with Crippen LogP contribution in [0.15, 0.2) is 41.9 Å². The van der Waals surface area contributed by atoms with Gasteiger partial charge in [-0.2, -0.15) is 13.2 Å². The number of hydrogen-bond acceptors (Lipinski definition) is 2. The summed E-state index contributed by atoms with van der Waals surface area (Å²) >= 11 is 1.50. The molecule has 0 saturated carbocycles. The number of hydrogen-bond donors (Lipinski definition) is 2. The summed E-state index contributed by atoms with van der Waals surface area (Å²) < 4.78 is 38.4. The molecule has 0 saturated heterocycles. The zero-order chi connectivity index (χ0) is 16.2. The summed E-state index contributed by atoms with van der Waals surface area (Å²) in [6.45, 7) is 1.93. The van der Waals surface area contributed by atoms with E-state index in [-0.39, 0.29) is 5.69 Å². The molecule has 0 unspecified atom stereocenters. The topological polar surface area (TPSA) is 41.1 Å². The maximum atomic E-state index is 12.8. The third-order valence-electron chi connectivity index (χ3n) is 2.83. The number of aryl methyl sites for hydroxylation is 1. The largest absolute Gasteiger partial charge is 0.418 e. The van der Waals surface area contributed by atoms with Gasteiger partial charge in [-0.1, -0.05) is 12.1 Å². The number of para-hydroxylation sites is 1. The van der Waals surface area contributed by atoms with Gasteiger partial charge >= 0.3 is 12.2 Å². The minimum atomic E-state index is -4.52. The minimum absolute atomic E-state index is 0.284. The summed E-state index contributed by atoms with van der Waals surface area (Å²) in [5.41, 5.74) is -0.109. The second-order valence-corrected chi connectivity index (χ2v) is 5.39. The Bertz CT molecular complexity index is 692. The molecule has 0 radical (unpaired) electrons. The molecule has 1 heterocycles. The molecule has 22 heavy (non-hydrogen) atoms. The lowest BCUT2D eigenvalue weighted by Crippen LogP contribution is -2.25. The van der Waals surface area contributed by atoms with Crippen LogP contribution in [0.25, 0.3) is 6.08 Å². The summed E-state index contributed by atoms with van der Waals surface area (Å²) in [5, 5.41) is 6.49. The first-order valence-corrected chi connectivity index (χ1v) is 7.20. The van der Waals surface area contributed by atoms with Crippen LogP contribution >= 0.6 is 11.3 Å². The molecule has 2 amide bonds. The van der Waals surface area contributed by atoms with Crippen LogP contribution in [0.1, 0.15) is 16.0 Å². The Kier molecular flexibility index (Phi) is 4.87. The lowest BCUT2D eigenvalue weighted by molar-refractivity contribution is -0.136. The lowest BCUT2D eigenvalue weighted by atomic mass is 10.1. The third-order valence-corrected chi connectivity index (χ3v) is 3.82. The van der Waals surface area contributed by atoms with E-state index in [1.165, 1.54) is 35.7 Å². The number of urea groups is 1. The first kappa shape index (κ1) is 16.1. The fraction of sp³-hybridized carbons (Fsp3) is 0.133. The van der Waals surface area contributed by atoms with Crippen molar-refractivity contribution in [1.29, 1.82) is 0 Å². The second kappa shape index (κ2) is 6.65. The average molecular weight is 326 g/mol. The number of alkyl halides is 3. The van der Waals surface area contributed by atoms with Crippen molar-refractivity contribution in [2.75, 3.05) is 5.32 Å². The molecule has 0 aliphatic rings. The fourth-order valence-corrected chi connectivity index (χ4v) is 2.57. The van der Waals surface area contributed by atoms with E-state index in [9.17, 15) is 18.0 Å². The van der Waals surface area contributed by atoms with Gasteiger partial charge in [-0.05, 0) is 42.1 Å². The van der Waals surface area contributed by atoms with Gasteiger partial charge in [0.05, 0.1) is 11.3 Å². The van der Waals surface area contributed by atoms with E-state index in [2.05, 4.69) is 10.6 Å². The zero-order valence-corrected chi connectivity index (χ0v) is 12.4. The number of rotatable bonds is 3. The van der Waals surface area contributed by atoms with Crippen LogP contribution in [-0.2, 0) is 6.18 Å². The number of thiophene rings is 1. The molecule has 0 spiro atoms. The monoisotopic (exact) mass is 326 g/mol. The van der Waals surface area contributed by atoms with Crippen molar-refractivity contribution in [1.82, 2.24) is 5.32 Å². The van der Waals surface area contributed by atoms with E-state index in [0.717, 1.165) is 16.5 Å². The van der Waals surface area contributed by atoms with Crippen molar-refractivity contribution < 1.29 is 18.0 Å². The minimum Gasteiger partial charge on any atom is -0.314 e. The molecule has 2 aromatic rings. The maximum absolute atomic E-state index is 12.8. The summed E-state index contributed by atoms with van der Waals surface area (Å²) in [4.78, 5) is 12.6. The van der Waals surface area contributed by atoms with Gasteiger partial charge in [-0.15, -0.1) is 11.3 Å². The summed E-state index contributed by atoms with van der Waals surface area (Å²) in [6.07, 6.45) is -1.44. The number of halogens is 3. The average Bonchev–Trinajstić information content (AvgIpc) is 2.84. The van der Waals surface area contributed by atoms with Gasteiger partial charge < -0.3 is 10.6 Å². The quantitative estimate of drug-likeness (QED) is 0.830. The lowest BCUT2D eigenvalue weighted by Gasteiger charge is -2.13. The normalized spacial score (nSPS) is 11.6. The summed E-state index contributed by atoms with van der Waals surface area (Å²) in [5.74, 6) is 0. The Labute approximate surface area is 129 Å². The standard InChI is InChI=1S/C15H13F3N2OS/c1-10-7-9-22-13(10)6-8-19-14(21)20-12-5-3-2-4-11(12)15(16,17)18/h2-9H,1H3,(H2,19,20,21)/b8-6+. The number of nitrogens with one attached hydrogen (secondary N) is 2. The van der Waals surface area contributed by atoms with Gasteiger partial charge in [0.2, 0.25) is 0 Å². The van der Waals surface area contributed by atoms with Gasteiger partial charge in [0.1, 0.15) is 0 Å². The molecule has 0 atom stereocenters. The highest BCUT2D eigenvalue weighted by Gasteiger charge is 2.33. The van der Waals surface area contributed by atoms with Gasteiger partial charge in [0.15, 0.2) is 0 Å². The van der Waals surface area contributed by atoms with Crippen molar-refractivity contribution in [2.24, 2.45) is 0 Å². The van der Waals surface area contributed by atoms with Crippen molar-refractivity contribution >= 4 is 29.1 Å². The summed E-state index contributed by atoms with van der Waals surface area (Å²) in [7, 11) is 0. The van der Waals surface area contributed by atoms with Crippen LogP contribution in [0.4, 0.5) is 23.7 Å². The predicted molar refractivity (Wildman–Crippen MR) is 81.7 cm³/mol. The van der Waals surface area contributed by atoms with E-state index >= 15 is 0 Å². The molecule has 0 fully saturated rings. The van der Waals surface area contributed by atoms with Gasteiger partial charge in [-0.3, -0.25) is 0 Å². The van der Waals surface area contributed by atoms with E-state index in [1.807, 2.05) is 18.4 Å². The first-order valence-electron chi connectivity index (χ1n) is 6.32. The van der Waals surface area contributed by atoms with Crippen LogP contribution in [-0.4, -0.2) is 6.03 Å². The van der Waals surface area contributed by atoms with Crippen LogP contribution in [0, 0.1) is 6.92 Å². The highest BCUT2D eigenvalue weighted by atomic mass is 32.1. The fourth-order valence-electron chi connectivity index (χ4n) is 1.75. The van der Waals surface area contributed by atoms with Crippen LogP contribution in [0.5, 0.6) is 0 Å². The second-order valence-electron chi connectivity index (χ2n) is 4.44. The third kappa shape index (κ3) is 4.11. The molecule has 0 bridgehead atoms. The predicted octanol–water partition coefficient (Wildman–Crippen LogP) is 4.87. The van der Waals surface area contributed by atoms with E-state index in [1.54, 1.807) is 6.08 Å². The number of amides is 2. The van der Waals surface area contributed by atoms with E-state index in [4.69, 9.17) is 0 Å². The number of anilines is 1. The molecular weight excluding hydrogens is 313 g/mol. The van der Waals surface area contributed by atoms with Crippen LogP contribution < -0.4 is 10.6 Å². The van der Waals surface area contributed by atoms with Crippen molar-refractivity contribution in [3.63, 3.8) is 0 Å². The molecule has 0 aliphatic heterocycles. The van der Waals surface area contributed by atoms with Crippen molar-refractivity contribution in [2.45, 2.75) is 13.1 Å². The zero-order valence-electron chi connectivity index (χ0n) is 11.6. The SMILES string of the molecule is Cc1ccsc1/C=C/NC(=O)Nc1ccccc1C(F)(F)F. The van der Waals surface area contributed by atoms with Crippen LogP contribution in [0.2, 0.25) is 0 Å². The first-order chi connectivity index (χ1) is 10.4. The van der Waals surface area contributed by atoms with Crippen LogP contribution in [0.3, 0.4) is 0 Å². The van der Waals surface area contributed by atoms with Crippen molar-refractivity contribution in [3.05, 3.63) is 57.9 Å². The molecule has 3 nitrogen and oxygen atoms in total. The number of carbonyl (C=O) groups is 1. The van der Waals surface area contributed by atoms with Crippen molar-refractivity contribution in [3.8, 4) is 0 Å². The highest BCUT2D eigenvalue weighted by molar-refractivity contribution is 7.11. The van der Waals surface area contributed by atoms with Gasteiger partial charge in [0, 0.05) is 11.1 Å². The molecule has 1 aromatic heterocycles. The molecular formula is C15H13F3N2OS.